The summed E-state index contributed by atoms with van der Waals surface area (Å²) in [6, 6.07) is 13.7. The third kappa shape index (κ3) is 4.44. The molecule has 160 valence electrons. The Kier molecular flexibility index (Phi) is 5.97. The van der Waals surface area contributed by atoms with Gasteiger partial charge in [0.15, 0.2) is 0 Å². The maximum absolute atomic E-state index is 13.3. The molecule has 0 aromatic heterocycles. The Morgan fingerprint density at radius 2 is 1.93 bits per heavy atom. The standard InChI is InChI=1S/C22H23F3N2O2S/c23-22(24,25)14-6-9-18-17(10-14)21-16(20(27-18)13-4-2-1-3-5-13)8-7-15(29-21)11-30-12-19(26)28/h1-6,9-10,15-16,20-21,27H,7-8,11-12H2,(H2,26,28)/t15-,16+,20+,21+/m1/s1. The first kappa shape index (κ1) is 21.1. The Bertz CT molecular complexity index is 907. The summed E-state index contributed by atoms with van der Waals surface area (Å²) >= 11 is 1.40. The Hall–Kier alpha value is -2.19. The minimum absolute atomic E-state index is 0.0146. The number of alkyl halides is 3. The number of thioether (sulfide) groups is 1. The summed E-state index contributed by atoms with van der Waals surface area (Å²) in [7, 11) is 0. The number of amides is 1. The number of carbonyl (C=O) groups excluding carboxylic acids is 1. The van der Waals surface area contributed by atoms with Crippen molar-refractivity contribution in [2.75, 3.05) is 16.8 Å². The average molecular weight is 436 g/mol. The zero-order valence-electron chi connectivity index (χ0n) is 16.2. The number of benzene rings is 2. The highest BCUT2D eigenvalue weighted by Gasteiger charge is 2.43. The molecule has 2 heterocycles. The van der Waals surface area contributed by atoms with Crippen LogP contribution >= 0.6 is 11.8 Å². The molecule has 3 N–H and O–H groups in total. The summed E-state index contributed by atoms with van der Waals surface area (Å²) in [5.74, 6) is 0.418. The van der Waals surface area contributed by atoms with Gasteiger partial charge in [0.05, 0.1) is 29.6 Å². The van der Waals surface area contributed by atoms with E-state index in [0.29, 0.717) is 17.0 Å². The SMILES string of the molecule is NC(=O)CSC[C@H]1CC[C@@H]2[C@H](O1)c1cc(C(F)(F)F)ccc1N[C@H]2c1ccccc1. The van der Waals surface area contributed by atoms with Crippen molar-refractivity contribution in [3.8, 4) is 0 Å². The highest BCUT2D eigenvalue weighted by atomic mass is 32.2. The van der Waals surface area contributed by atoms with Crippen molar-refractivity contribution in [1.29, 1.82) is 0 Å². The molecule has 4 atom stereocenters. The van der Waals surface area contributed by atoms with Gasteiger partial charge in [-0.15, -0.1) is 11.8 Å². The van der Waals surface area contributed by atoms with Gasteiger partial charge < -0.3 is 15.8 Å². The summed E-state index contributed by atoms with van der Waals surface area (Å²) in [6.07, 6.45) is -3.39. The molecule has 0 bridgehead atoms. The maximum atomic E-state index is 13.3. The predicted molar refractivity (Wildman–Crippen MR) is 111 cm³/mol. The maximum Gasteiger partial charge on any atom is 0.416 e. The number of fused-ring (bicyclic) bond motifs is 3. The first-order chi connectivity index (χ1) is 14.3. The van der Waals surface area contributed by atoms with Crippen molar-refractivity contribution in [1.82, 2.24) is 0 Å². The number of nitrogens with two attached hydrogens (primary N) is 1. The molecule has 1 saturated heterocycles. The first-order valence-electron chi connectivity index (χ1n) is 9.87. The van der Waals surface area contributed by atoms with E-state index in [1.54, 1.807) is 0 Å². The van der Waals surface area contributed by atoms with Gasteiger partial charge in [0.2, 0.25) is 5.91 Å². The summed E-state index contributed by atoms with van der Waals surface area (Å²) in [5.41, 5.74) is 6.83. The van der Waals surface area contributed by atoms with Gasteiger partial charge >= 0.3 is 6.18 Å². The van der Waals surface area contributed by atoms with Crippen molar-refractivity contribution in [3.63, 3.8) is 0 Å². The van der Waals surface area contributed by atoms with E-state index in [2.05, 4.69) is 5.32 Å². The van der Waals surface area contributed by atoms with Crippen LogP contribution in [0.15, 0.2) is 48.5 Å². The molecule has 0 saturated carbocycles. The van der Waals surface area contributed by atoms with E-state index in [1.165, 1.54) is 23.9 Å². The smallest absolute Gasteiger partial charge is 0.378 e. The molecular formula is C22H23F3N2O2S. The second-order valence-electron chi connectivity index (χ2n) is 7.73. The van der Waals surface area contributed by atoms with Gasteiger partial charge in [0.1, 0.15) is 0 Å². The normalized spacial score (nSPS) is 25.7. The molecule has 2 aromatic carbocycles. The fourth-order valence-corrected chi connectivity index (χ4v) is 5.16. The number of halogens is 3. The molecule has 1 fully saturated rings. The fraction of sp³-hybridized carbons (Fsp3) is 0.409. The van der Waals surface area contributed by atoms with Gasteiger partial charge in [-0.05, 0) is 36.6 Å². The van der Waals surface area contributed by atoms with Crippen molar-refractivity contribution in [3.05, 3.63) is 65.2 Å². The Morgan fingerprint density at radius 1 is 1.17 bits per heavy atom. The molecule has 2 aliphatic heterocycles. The van der Waals surface area contributed by atoms with Gasteiger partial charge in [-0.3, -0.25) is 4.79 Å². The first-order valence-corrected chi connectivity index (χ1v) is 11.0. The third-order valence-electron chi connectivity index (χ3n) is 5.68. The minimum Gasteiger partial charge on any atom is -0.378 e. The molecule has 2 aliphatic rings. The van der Waals surface area contributed by atoms with Gasteiger partial charge in [-0.1, -0.05) is 30.3 Å². The number of nitrogens with one attached hydrogen (secondary N) is 1. The topological polar surface area (TPSA) is 64.4 Å². The zero-order valence-corrected chi connectivity index (χ0v) is 17.0. The number of carbonyl (C=O) groups is 1. The third-order valence-corrected chi connectivity index (χ3v) is 6.78. The predicted octanol–water partition coefficient (Wildman–Crippen LogP) is 4.93. The molecule has 1 amide bonds. The largest absolute Gasteiger partial charge is 0.416 e. The van der Waals surface area contributed by atoms with Crippen LogP contribution in [0.3, 0.4) is 0 Å². The van der Waals surface area contributed by atoms with Gasteiger partial charge in [0, 0.05) is 22.9 Å². The van der Waals surface area contributed by atoms with Gasteiger partial charge in [-0.25, -0.2) is 0 Å². The van der Waals surface area contributed by atoms with Crippen LogP contribution in [-0.2, 0) is 15.7 Å². The van der Waals surface area contributed by atoms with Crippen LogP contribution in [0.1, 0.15) is 41.7 Å². The second kappa shape index (κ2) is 8.51. The molecule has 2 aromatic rings. The van der Waals surface area contributed by atoms with Crippen LogP contribution in [0.2, 0.25) is 0 Å². The fourth-order valence-electron chi connectivity index (χ4n) is 4.34. The molecule has 4 rings (SSSR count). The van der Waals surface area contributed by atoms with E-state index in [1.807, 2.05) is 30.3 Å². The highest BCUT2D eigenvalue weighted by molar-refractivity contribution is 7.99. The van der Waals surface area contributed by atoms with Crippen molar-refractivity contribution >= 4 is 23.4 Å². The van der Waals surface area contributed by atoms with E-state index >= 15 is 0 Å². The molecule has 4 nitrogen and oxygen atoms in total. The lowest BCUT2D eigenvalue weighted by Gasteiger charge is -2.46. The monoisotopic (exact) mass is 436 g/mol. The molecule has 0 radical (unpaired) electrons. The van der Waals surface area contributed by atoms with Crippen molar-refractivity contribution < 1.29 is 22.7 Å². The van der Waals surface area contributed by atoms with Gasteiger partial charge in [-0.2, -0.15) is 13.2 Å². The summed E-state index contributed by atoms with van der Waals surface area (Å²) in [6.45, 7) is 0. The van der Waals surface area contributed by atoms with E-state index in [9.17, 15) is 18.0 Å². The number of hydrogen-bond acceptors (Lipinski definition) is 4. The average Bonchev–Trinajstić information content (AvgIpc) is 2.72. The molecule has 0 spiro atoms. The number of anilines is 1. The van der Waals surface area contributed by atoms with E-state index in [-0.39, 0.29) is 29.7 Å². The van der Waals surface area contributed by atoms with Crippen LogP contribution in [0.25, 0.3) is 0 Å². The van der Waals surface area contributed by atoms with Crippen LogP contribution in [0, 0.1) is 5.92 Å². The summed E-state index contributed by atoms with van der Waals surface area (Å²) in [4.78, 5) is 11.0. The number of rotatable bonds is 5. The van der Waals surface area contributed by atoms with Gasteiger partial charge in [0.25, 0.3) is 0 Å². The molecule has 30 heavy (non-hydrogen) atoms. The molecule has 0 unspecified atom stereocenters. The molecule has 0 aliphatic carbocycles. The minimum atomic E-state index is -4.41. The highest BCUT2D eigenvalue weighted by Crippen LogP contribution is 2.51. The lowest BCUT2D eigenvalue weighted by atomic mass is 9.76. The zero-order chi connectivity index (χ0) is 21.3. The summed E-state index contributed by atoms with van der Waals surface area (Å²) < 4.78 is 46.3. The van der Waals surface area contributed by atoms with E-state index < -0.39 is 17.8 Å². The number of hydrogen-bond donors (Lipinski definition) is 2. The van der Waals surface area contributed by atoms with E-state index in [0.717, 1.165) is 24.5 Å². The Labute approximate surface area is 177 Å². The quantitative estimate of drug-likeness (QED) is 0.698. The Balaban J connectivity index is 1.65. The molecule has 8 heteroatoms. The van der Waals surface area contributed by atoms with Crippen LogP contribution in [0.5, 0.6) is 0 Å². The summed E-state index contributed by atoms with van der Waals surface area (Å²) in [5, 5.41) is 3.45. The van der Waals surface area contributed by atoms with Crippen molar-refractivity contribution in [2.45, 2.75) is 37.3 Å². The van der Waals surface area contributed by atoms with E-state index in [4.69, 9.17) is 10.5 Å². The lowest BCUT2D eigenvalue weighted by Crippen LogP contribution is -2.40. The van der Waals surface area contributed by atoms with Crippen LogP contribution in [0.4, 0.5) is 18.9 Å². The number of primary amides is 1. The van der Waals surface area contributed by atoms with Crippen molar-refractivity contribution in [2.24, 2.45) is 11.7 Å². The molecular weight excluding hydrogens is 413 g/mol. The number of ether oxygens (including phenoxy) is 1. The Morgan fingerprint density at radius 3 is 2.63 bits per heavy atom. The van der Waals surface area contributed by atoms with Crippen LogP contribution < -0.4 is 11.1 Å². The van der Waals surface area contributed by atoms with Crippen LogP contribution in [-0.4, -0.2) is 23.5 Å². The second-order valence-corrected chi connectivity index (χ2v) is 8.76. The lowest BCUT2D eigenvalue weighted by molar-refractivity contribution is -0.138.